The second-order valence-corrected chi connectivity index (χ2v) is 7.82. The van der Waals surface area contributed by atoms with Crippen molar-refractivity contribution in [3.8, 4) is 0 Å². The van der Waals surface area contributed by atoms with Gasteiger partial charge in [-0.3, -0.25) is 4.79 Å². The van der Waals surface area contributed by atoms with Gasteiger partial charge in [-0.1, -0.05) is 93.6 Å². The lowest BCUT2D eigenvalue weighted by Gasteiger charge is -2.20. The molecule has 0 atom stereocenters. The highest BCUT2D eigenvalue weighted by Gasteiger charge is 2.32. The summed E-state index contributed by atoms with van der Waals surface area (Å²) < 4.78 is 0. The van der Waals surface area contributed by atoms with Gasteiger partial charge in [0.15, 0.2) is 5.78 Å². The van der Waals surface area contributed by atoms with E-state index >= 15 is 0 Å². The van der Waals surface area contributed by atoms with Gasteiger partial charge in [-0.2, -0.15) is 0 Å². The van der Waals surface area contributed by atoms with Crippen LogP contribution in [0.15, 0.2) is 78.9 Å². The molecule has 4 rings (SSSR count). The number of carbonyl (C=O) groups excluding carboxylic acids is 1. The Morgan fingerprint density at radius 1 is 0.615 bits per heavy atom. The molecule has 0 N–H and O–H groups in total. The van der Waals surface area contributed by atoms with E-state index in [-0.39, 0.29) is 11.2 Å². The summed E-state index contributed by atoms with van der Waals surface area (Å²) in [5, 5.41) is 0. The highest BCUT2D eigenvalue weighted by molar-refractivity contribution is 6.41. The van der Waals surface area contributed by atoms with Crippen molar-refractivity contribution in [2.75, 3.05) is 0 Å². The molecule has 128 valence electrons. The highest BCUT2D eigenvalue weighted by atomic mass is 16.1. The van der Waals surface area contributed by atoms with E-state index in [1.54, 1.807) is 0 Å². The van der Waals surface area contributed by atoms with Crippen molar-refractivity contribution in [3.05, 3.63) is 107 Å². The van der Waals surface area contributed by atoms with Crippen LogP contribution in [-0.4, -0.2) is 5.78 Å². The first-order valence-corrected chi connectivity index (χ1v) is 9.01. The van der Waals surface area contributed by atoms with Gasteiger partial charge in [-0.25, -0.2) is 0 Å². The van der Waals surface area contributed by atoms with E-state index in [4.69, 9.17) is 0 Å². The van der Waals surface area contributed by atoms with Crippen LogP contribution in [0.3, 0.4) is 0 Å². The fraction of sp³-hybridized carbons (Fsp3) is 0.160. The van der Waals surface area contributed by atoms with Gasteiger partial charge in [0.1, 0.15) is 0 Å². The zero-order valence-electron chi connectivity index (χ0n) is 15.4. The van der Waals surface area contributed by atoms with Crippen molar-refractivity contribution in [2.45, 2.75) is 26.2 Å². The standard InChI is InChI=1S/C25H22O/c1-25(2,3)19-14-15-20-21(16-19)22(17-10-6-4-7-11-17)23(24(20)26)18-12-8-5-9-13-18/h4-16H,1-3H3. The van der Waals surface area contributed by atoms with Crippen LogP contribution in [-0.2, 0) is 5.41 Å². The Kier molecular flexibility index (Phi) is 3.88. The Hall–Kier alpha value is -2.93. The maximum Gasteiger partial charge on any atom is 0.194 e. The first-order valence-electron chi connectivity index (χ1n) is 9.01. The van der Waals surface area contributed by atoms with Crippen LogP contribution in [0.1, 0.15) is 53.4 Å². The third-order valence-electron chi connectivity index (χ3n) is 5.00. The second-order valence-electron chi connectivity index (χ2n) is 7.82. The number of benzene rings is 3. The third-order valence-corrected chi connectivity index (χ3v) is 5.00. The molecule has 0 aliphatic heterocycles. The summed E-state index contributed by atoms with van der Waals surface area (Å²) in [6.07, 6.45) is 0. The summed E-state index contributed by atoms with van der Waals surface area (Å²) in [4.78, 5) is 13.3. The van der Waals surface area contributed by atoms with E-state index in [1.807, 2.05) is 54.6 Å². The molecule has 26 heavy (non-hydrogen) atoms. The molecule has 0 heterocycles. The van der Waals surface area contributed by atoms with Crippen molar-refractivity contribution in [1.29, 1.82) is 0 Å². The largest absolute Gasteiger partial charge is 0.289 e. The molecule has 1 nitrogen and oxygen atoms in total. The fourth-order valence-corrected chi connectivity index (χ4v) is 3.58. The van der Waals surface area contributed by atoms with Gasteiger partial charge < -0.3 is 0 Å². The van der Waals surface area contributed by atoms with Crippen LogP contribution in [0.25, 0.3) is 11.1 Å². The molecule has 3 aromatic carbocycles. The van der Waals surface area contributed by atoms with E-state index in [1.165, 1.54) is 5.56 Å². The van der Waals surface area contributed by atoms with Crippen LogP contribution >= 0.6 is 0 Å². The lowest BCUT2D eigenvalue weighted by Crippen LogP contribution is -2.11. The molecular formula is C25H22O. The topological polar surface area (TPSA) is 17.1 Å². The molecule has 0 spiro atoms. The minimum atomic E-state index is 0.0371. The summed E-state index contributed by atoms with van der Waals surface area (Å²) in [6.45, 7) is 6.61. The molecular weight excluding hydrogens is 316 g/mol. The predicted octanol–water partition coefficient (Wildman–Crippen LogP) is 6.14. The van der Waals surface area contributed by atoms with Crippen molar-refractivity contribution < 1.29 is 4.79 Å². The van der Waals surface area contributed by atoms with E-state index in [0.717, 1.165) is 33.4 Å². The molecule has 3 aromatic rings. The summed E-state index contributed by atoms with van der Waals surface area (Å²) >= 11 is 0. The number of hydrogen-bond donors (Lipinski definition) is 0. The monoisotopic (exact) mass is 338 g/mol. The quantitative estimate of drug-likeness (QED) is 0.548. The van der Waals surface area contributed by atoms with Crippen molar-refractivity contribution in [1.82, 2.24) is 0 Å². The molecule has 1 aliphatic carbocycles. The predicted molar refractivity (Wildman–Crippen MR) is 108 cm³/mol. The molecule has 0 bridgehead atoms. The van der Waals surface area contributed by atoms with E-state index in [9.17, 15) is 4.79 Å². The first-order chi connectivity index (χ1) is 12.5. The number of rotatable bonds is 2. The lowest BCUT2D eigenvalue weighted by atomic mass is 9.84. The van der Waals surface area contributed by atoms with E-state index < -0.39 is 0 Å². The van der Waals surface area contributed by atoms with Gasteiger partial charge in [0, 0.05) is 16.7 Å². The Balaban J connectivity index is 2.03. The zero-order valence-corrected chi connectivity index (χ0v) is 15.4. The van der Waals surface area contributed by atoms with Crippen LogP contribution in [0.2, 0.25) is 0 Å². The van der Waals surface area contributed by atoms with Gasteiger partial charge in [0.05, 0.1) is 0 Å². The van der Waals surface area contributed by atoms with Crippen molar-refractivity contribution in [2.24, 2.45) is 0 Å². The van der Waals surface area contributed by atoms with Crippen LogP contribution in [0.5, 0.6) is 0 Å². The Morgan fingerprint density at radius 2 is 1.15 bits per heavy atom. The number of ketones is 1. The van der Waals surface area contributed by atoms with Gasteiger partial charge in [-0.15, -0.1) is 0 Å². The van der Waals surface area contributed by atoms with Gasteiger partial charge in [0.2, 0.25) is 0 Å². The van der Waals surface area contributed by atoms with E-state index in [2.05, 4.69) is 45.0 Å². The number of fused-ring (bicyclic) bond motifs is 1. The number of hydrogen-bond acceptors (Lipinski definition) is 1. The minimum absolute atomic E-state index is 0.0371. The fourth-order valence-electron chi connectivity index (χ4n) is 3.58. The van der Waals surface area contributed by atoms with Crippen molar-refractivity contribution in [3.63, 3.8) is 0 Å². The zero-order chi connectivity index (χ0) is 18.3. The first kappa shape index (κ1) is 16.5. The summed E-state index contributed by atoms with van der Waals surface area (Å²) in [6, 6.07) is 26.5. The normalized spacial score (nSPS) is 13.9. The van der Waals surface area contributed by atoms with Crippen LogP contribution in [0, 0.1) is 0 Å². The average Bonchev–Trinajstić information content (AvgIpc) is 2.95. The molecule has 0 saturated heterocycles. The minimum Gasteiger partial charge on any atom is -0.289 e. The SMILES string of the molecule is CC(C)(C)c1ccc2c(c1)C(c1ccccc1)=C(c1ccccc1)C2=O. The number of Topliss-reactive ketones (excluding diaryl/α,β-unsaturated/α-hetero) is 1. The molecule has 0 amide bonds. The molecule has 0 saturated carbocycles. The summed E-state index contributed by atoms with van der Waals surface area (Å²) in [7, 11) is 0. The van der Waals surface area contributed by atoms with Crippen LogP contribution in [0.4, 0.5) is 0 Å². The number of allylic oxidation sites excluding steroid dienone is 1. The molecule has 0 radical (unpaired) electrons. The second kappa shape index (κ2) is 6.10. The lowest BCUT2D eigenvalue weighted by molar-refractivity contribution is 0.105. The maximum absolute atomic E-state index is 13.3. The van der Waals surface area contributed by atoms with Gasteiger partial charge >= 0.3 is 0 Å². The molecule has 0 unspecified atom stereocenters. The Labute approximate surface area is 155 Å². The van der Waals surface area contributed by atoms with Crippen molar-refractivity contribution >= 4 is 16.9 Å². The average molecular weight is 338 g/mol. The maximum atomic E-state index is 13.3. The van der Waals surface area contributed by atoms with Crippen LogP contribution < -0.4 is 0 Å². The Bertz CT molecular complexity index is 1000. The highest BCUT2D eigenvalue weighted by Crippen LogP contribution is 2.43. The smallest absolute Gasteiger partial charge is 0.194 e. The molecule has 1 heteroatoms. The third kappa shape index (κ3) is 2.70. The molecule has 0 fully saturated rings. The summed E-state index contributed by atoms with van der Waals surface area (Å²) in [5.41, 5.74) is 7.04. The molecule has 1 aliphatic rings. The van der Waals surface area contributed by atoms with Gasteiger partial charge in [0.25, 0.3) is 0 Å². The van der Waals surface area contributed by atoms with Gasteiger partial charge in [-0.05, 0) is 33.7 Å². The summed E-state index contributed by atoms with van der Waals surface area (Å²) in [5.74, 6) is 0.116. The Morgan fingerprint density at radius 3 is 1.69 bits per heavy atom. The number of carbonyl (C=O) groups is 1. The molecule has 0 aromatic heterocycles. The van der Waals surface area contributed by atoms with E-state index in [0.29, 0.717) is 0 Å².